The van der Waals surface area contributed by atoms with Gasteiger partial charge in [0.25, 0.3) is 5.91 Å². The molecule has 2 aliphatic rings. The molecule has 0 radical (unpaired) electrons. The van der Waals surface area contributed by atoms with Gasteiger partial charge >= 0.3 is 0 Å². The van der Waals surface area contributed by atoms with Crippen molar-refractivity contribution in [2.45, 2.75) is 32.1 Å². The minimum atomic E-state index is 0.0248. The second-order valence-corrected chi connectivity index (χ2v) is 6.73. The van der Waals surface area contributed by atoms with E-state index < -0.39 is 0 Å². The van der Waals surface area contributed by atoms with Crippen LogP contribution < -0.4 is 14.2 Å². The molecule has 3 rings (SSSR count). The molecule has 0 spiro atoms. The first-order chi connectivity index (χ1) is 11.7. The quantitative estimate of drug-likeness (QED) is 0.848. The van der Waals surface area contributed by atoms with E-state index in [9.17, 15) is 4.79 Å². The molecule has 24 heavy (non-hydrogen) atoms. The molecule has 1 heterocycles. The van der Waals surface area contributed by atoms with Crippen LogP contribution in [0.3, 0.4) is 0 Å². The zero-order valence-electron chi connectivity index (χ0n) is 14.8. The molecule has 1 aromatic rings. The minimum Gasteiger partial charge on any atom is -0.493 e. The maximum Gasteiger partial charge on any atom is 0.257 e. The van der Waals surface area contributed by atoms with Gasteiger partial charge in [0.15, 0.2) is 11.5 Å². The summed E-state index contributed by atoms with van der Waals surface area (Å²) >= 11 is 0. The number of rotatable bonds is 4. The first kappa shape index (κ1) is 16.9. The average molecular weight is 333 g/mol. The lowest BCUT2D eigenvalue weighted by Crippen LogP contribution is -2.44. The smallest absolute Gasteiger partial charge is 0.257 e. The second kappa shape index (κ2) is 7.32. The summed E-state index contributed by atoms with van der Waals surface area (Å²) in [6.45, 7) is 1.69. The van der Waals surface area contributed by atoms with Gasteiger partial charge < -0.3 is 19.1 Å². The van der Waals surface area contributed by atoms with E-state index >= 15 is 0 Å². The summed E-state index contributed by atoms with van der Waals surface area (Å²) in [5.41, 5.74) is 0.546. The monoisotopic (exact) mass is 333 g/mol. The van der Waals surface area contributed by atoms with Crippen LogP contribution in [-0.4, -0.2) is 45.2 Å². The van der Waals surface area contributed by atoms with Gasteiger partial charge in [0.2, 0.25) is 5.75 Å². The zero-order valence-corrected chi connectivity index (χ0v) is 14.8. The van der Waals surface area contributed by atoms with Crippen molar-refractivity contribution in [3.8, 4) is 17.2 Å². The number of carbonyl (C=O) groups is 1. The van der Waals surface area contributed by atoms with Crippen LogP contribution in [0.2, 0.25) is 0 Å². The molecule has 1 amide bonds. The van der Waals surface area contributed by atoms with Crippen molar-refractivity contribution in [1.82, 2.24) is 4.90 Å². The van der Waals surface area contributed by atoms with E-state index in [-0.39, 0.29) is 5.91 Å². The molecular formula is C19H27NO4. The molecule has 5 heteroatoms. The van der Waals surface area contributed by atoms with Gasteiger partial charge in [-0.15, -0.1) is 0 Å². The highest BCUT2D eigenvalue weighted by Crippen LogP contribution is 2.41. The number of nitrogens with zero attached hydrogens (tertiary/aromatic N) is 1. The van der Waals surface area contributed by atoms with Crippen molar-refractivity contribution in [3.05, 3.63) is 17.7 Å². The van der Waals surface area contributed by atoms with E-state index in [1.54, 1.807) is 33.5 Å². The third kappa shape index (κ3) is 3.04. The highest BCUT2D eigenvalue weighted by atomic mass is 16.5. The number of methoxy groups -OCH3 is 3. The van der Waals surface area contributed by atoms with E-state index in [2.05, 4.69) is 0 Å². The topological polar surface area (TPSA) is 48.0 Å². The number of carbonyl (C=O) groups excluding carboxylic acids is 1. The summed E-state index contributed by atoms with van der Waals surface area (Å²) in [4.78, 5) is 15.1. The maximum atomic E-state index is 13.1. The average Bonchev–Trinajstić information content (AvgIpc) is 2.65. The predicted molar refractivity (Wildman–Crippen MR) is 92.1 cm³/mol. The van der Waals surface area contributed by atoms with Crippen LogP contribution in [0.25, 0.3) is 0 Å². The first-order valence-corrected chi connectivity index (χ1v) is 8.77. The molecular weight excluding hydrogens is 306 g/mol. The molecule has 0 aromatic heterocycles. The molecule has 2 fully saturated rings. The Morgan fingerprint density at radius 2 is 1.67 bits per heavy atom. The van der Waals surface area contributed by atoms with E-state index in [4.69, 9.17) is 14.2 Å². The molecule has 0 N–H and O–H groups in total. The number of hydrogen-bond acceptors (Lipinski definition) is 4. The van der Waals surface area contributed by atoms with Crippen LogP contribution in [0.5, 0.6) is 17.2 Å². The Morgan fingerprint density at radius 3 is 2.33 bits per heavy atom. The zero-order chi connectivity index (χ0) is 17.1. The molecule has 0 bridgehead atoms. The van der Waals surface area contributed by atoms with Crippen molar-refractivity contribution in [2.75, 3.05) is 34.4 Å². The van der Waals surface area contributed by atoms with Crippen LogP contribution in [0, 0.1) is 11.8 Å². The van der Waals surface area contributed by atoms with E-state index in [1.807, 2.05) is 4.90 Å². The van der Waals surface area contributed by atoms with Crippen LogP contribution in [-0.2, 0) is 0 Å². The number of likely N-dealkylation sites (tertiary alicyclic amines) is 1. The molecule has 0 unspecified atom stereocenters. The Morgan fingerprint density at radius 1 is 0.958 bits per heavy atom. The van der Waals surface area contributed by atoms with E-state index in [0.717, 1.165) is 25.4 Å². The fourth-order valence-corrected chi connectivity index (χ4v) is 4.23. The van der Waals surface area contributed by atoms with Gasteiger partial charge in [-0.2, -0.15) is 0 Å². The van der Waals surface area contributed by atoms with Crippen molar-refractivity contribution < 1.29 is 19.0 Å². The van der Waals surface area contributed by atoms with Gasteiger partial charge in [0.05, 0.1) is 26.9 Å². The van der Waals surface area contributed by atoms with Gasteiger partial charge in [-0.05, 0) is 36.8 Å². The van der Waals surface area contributed by atoms with Crippen molar-refractivity contribution in [2.24, 2.45) is 11.8 Å². The van der Waals surface area contributed by atoms with E-state index in [0.29, 0.717) is 28.7 Å². The minimum absolute atomic E-state index is 0.0248. The predicted octanol–water partition coefficient (Wildman–Crippen LogP) is 3.36. The Hall–Kier alpha value is -1.91. The second-order valence-electron chi connectivity index (χ2n) is 6.73. The maximum absolute atomic E-state index is 13.1. The summed E-state index contributed by atoms with van der Waals surface area (Å²) in [5.74, 6) is 2.97. The van der Waals surface area contributed by atoms with Gasteiger partial charge in [-0.3, -0.25) is 4.79 Å². The van der Waals surface area contributed by atoms with Gasteiger partial charge in [0, 0.05) is 13.1 Å². The fourth-order valence-electron chi connectivity index (χ4n) is 4.23. The highest BCUT2D eigenvalue weighted by molar-refractivity contribution is 5.98. The molecule has 132 valence electrons. The highest BCUT2D eigenvalue weighted by Gasteiger charge is 2.34. The normalized spacial score (nSPS) is 23.4. The SMILES string of the molecule is COc1ccc(C(=O)N2CC[C@@H]3CCCC[C@H]3C2)c(OC)c1OC. The summed E-state index contributed by atoms with van der Waals surface area (Å²) in [5, 5.41) is 0. The van der Waals surface area contributed by atoms with Crippen LogP contribution >= 0.6 is 0 Å². The third-order valence-electron chi connectivity index (χ3n) is 5.51. The molecule has 1 aliphatic heterocycles. The number of fused-ring (bicyclic) bond motifs is 1. The summed E-state index contributed by atoms with van der Waals surface area (Å²) in [7, 11) is 4.69. The van der Waals surface area contributed by atoms with Crippen LogP contribution in [0.4, 0.5) is 0 Å². The Balaban J connectivity index is 1.84. The molecule has 1 aliphatic carbocycles. The summed E-state index contributed by atoms with van der Waals surface area (Å²) < 4.78 is 16.2. The van der Waals surface area contributed by atoms with Crippen molar-refractivity contribution in [1.29, 1.82) is 0 Å². The molecule has 5 nitrogen and oxygen atoms in total. The standard InChI is InChI=1S/C19H27NO4/c1-22-16-9-8-15(17(23-2)18(16)24-3)19(21)20-11-10-13-6-4-5-7-14(13)12-20/h8-9,13-14H,4-7,10-12H2,1-3H3/t13-,14-/m0/s1. The molecule has 1 saturated carbocycles. The Bertz CT molecular complexity index is 601. The largest absolute Gasteiger partial charge is 0.493 e. The number of hydrogen-bond donors (Lipinski definition) is 0. The Labute approximate surface area is 143 Å². The number of ether oxygens (including phenoxy) is 3. The first-order valence-electron chi connectivity index (χ1n) is 8.77. The molecule has 2 atom stereocenters. The number of piperidine rings is 1. The summed E-state index contributed by atoms with van der Waals surface area (Å²) in [6.07, 6.45) is 6.33. The van der Waals surface area contributed by atoms with Gasteiger partial charge in [-0.1, -0.05) is 19.3 Å². The van der Waals surface area contributed by atoms with Crippen LogP contribution in [0.15, 0.2) is 12.1 Å². The lowest BCUT2D eigenvalue weighted by atomic mass is 9.75. The lowest BCUT2D eigenvalue weighted by Gasteiger charge is -2.41. The van der Waals surface area contributed by atoms with Gasteiger partial charge in [0.1, 0.15) is 0 Å². The molecule has 1 aromatic carbocycles. The van der Waals surface area contributed by atoms with Crippen LogP contribution in [0.1, 0.15) is 42.5 Å². The van der Waals surface area contributed by atoms with Gasteiger partial charge in [-0.25, -0.2) is 0 Å². The van der Waals surface area contributed by atoms with Crippen molar-refractivity contribution in [3.63, 3.8) is 0 Å². The van der Waals surface area contributed by atoms with E-state index in [1.165, 1.54) is 25.7 Å². The summed E-state index contributed by atoms with van der Waals surface area (Å²) in [6, 6.07) is 3.54. The van der Waals surface area contributed by atoms with Crippen molar-refractivity contribution >= 4 is 5.91 Å². The lowest BCUT2D eigenvalue weighted by molar-refractivity contribution is 0.0517. The number of amides is 1. The Kier molecular flexibility index (Phi) is 5.17. The fraction of sp³-hybridized carbons (Fsp3) is 0.632. The third-order valence-corrected chi connectivity index (χ3v) is 5.51. The number of benzene rings is 1. The molecule has 1 saturated heterocycles.